The van der Waals surface area contributed by atoms with Crippen LogP contribution in [0.2, 0.25) is 0 Å². The summed E-state index contributed by atoms with van der Waals surface area (Å²) >= 11 is 0. The summed E-state index contributed by atoms with van der Waals surface area (Å²) in [7, 11) is 0. The standard InChI is InChI=1S/C13H18N2O4/c14-12(17)7-6-11(16)8-13(18)15-19-9-10-4-2-1-3-5-10/h1-5,11,16H,6-9H2,(H2,14,17)(H,15,18). The summed E-state index contributed by atoms with van der Waals surface area (Å²) in [6, 6.07) is 9.36. The van der Waals surface area contributed by atoms with Gasteiger partial charge in [-0.15, -0.1) is 0 Å². The topological polar surface area (TPSA) is 102 Å². The van der Waals surface area contributed by atoms with Crippen molar-refractivity contribution in [3.63, 3.8) is 0 Å². The van der Waals surface area contributed by atoms with Crippen molar-refractivity contribution < 1.29 is 19.5 Å². The Morgan fingerprint density at radius 1 is 1.32 bits per heavy atom. The molecule has 4 N–H and O–H groups in total. The number of amides is 2. The van der Waals surface area contributed by atoms with Gasteiger partial charge in [0.2, 0.25) is 11.8 Å². The van der Waals surface area contributed by atoms with E-state index in [0.29, 0.717) is 0 Å². The molecule has 0 radical (unpaired) electrons. The second kappa shape index (κ2) is 8.23. The molecular weight excluding hydrogens is 248 g/mol. The first-order valence-corrected chi connectivity index (χ1v) is 5.99. The molecule has 0 aromatic heterocycles. The molecule has 0 saturated heterocycles. The predicted molar refractivity (Wildman–Crippen MR) is 68.4 cm³/mol. The number of hydrogen-bond donors (Lipinski definition) is 3. The van der Waals surface area contributed by atoms with Gasteiger partial charge in [0.05, 0.1) is 19.1 Å². The van der Waals surface area contributed by atoms with E-state index in [1.807, 2.05) is 30.3 Å². The molecule has 2 amide bonds. The Morgan fingerprint density at radius 3 is 2.63 bits per heavy atom. The summed E-state index contributed by atoms with van der Waals surface area (Å²) in [5, 5.41) is 9.46. The predicted octanol–water partition coefficient (Wildman–Crippen LogP) is 0.251. The molecule has 1 aromatic rings. The van der Waals surface area contributed by atoms with Gasteiger partial charge in [-0.2, -0.15) is 0 Å². The maximum absolute atomic E-state index is 11.4. The van der Waals surface area contributed by atoms with Crippen LogP contribution < -0.4 is 11.2 Å². The first kappa shape index (κ1) is 15.1. The molecular formula is C13H18N2O4. The highest BCUT2D eigenvalue weighted by molar-refractivity contribution is 5.76. The van der Waals surface area contributed by atoms with Crippen LogP contribution in [-0.2, 0) is 21.0 Å². The number of rotatable bonds is 8. The van der Waals surface area contributed by atoms with Gasteiger partial charge < -0.3 is 10.8 Å². The van der Waals surface area contributed by atoms with Gasteiger partial charge in [-0.1, -0.05) is 30.3 Å². The Balaban J connectivity index is 2.15. The fourth-order valence-electron chi connectivity index (χ4n) is 1.44. The number of carbonyl (C=O) groups excluding carboxylic acids is 2. The quantitative estimate of drug-likeness (QED) is 0.587. The molecule has 0 spiro atoms. The molecule has 1 rings (SSSR count). The van der Waals surface area contributed by atoms with E-state index in [-0.39, 0.29) is 25.9 Å². The van der Waals surface area contributed by atoms with Crippen molar-refractivity contribution in [2.75, 3.05) is 0 Å². The third-order valence-corrected chi connectivity index (χ3v) is 2.41. The van der Waals surface area contributed by atoms with Crippen LogP contribution in [0.5, 0.6) is 0 Å². The number of aliphatic hydroxyl groups excluding tert-OH is 1. The van der Waals surface area contributed by atoms with Crippen LogP contribution in [0.25, 0.3) is 0 Å². The molecule has 6 nitrogen and oxygen atoms in total. The van der Waals surface area contributed by atoms with Gasteiger partial charge in [0.1, 0.15) is 0 Å². The van der Waals surface area contributed by atoms with Gasteiger partial charge in [0.15, 0.2) is 0 Å². The first-order valence-electron chi connectivity index (χ1n) is 5.99. The fraction of sp³-hybridized carbons (Fsp3) is 0.385. The average Bonchev–Trinajstić information content (AvgIpc) is 2.37. The zero-order chi connectivity index (χ0) is 14.1. The van der Waals surface area contributed by atoms with Crippen LogP contribution >= 0.6 is 0 Å². The smallest absolute Gasteiger partial charge is 0.246 e. The highest BCUT2D eigenvalue weighted by Crippen LogP contribution is 2.02. The van der Waals surface area contributed by atoms with E-state index in [9.17, 15) is 14.7 Å². The van der Waals surface area contributed by atoms with Gasteiger partial charge in [0, 0.05) is 6.42 Å². The van der Waals surface area contributed by atoms with Crippen molar-refractivity contribution in [3.05, 3.63) is 35.9 Å². The van der Waals surface area contributed by atoms with Crippen LogP contribution in [0.4, 0.5) is 0 Å². The normalized spacial score (nSPS) is 11.8. The van der Waals surface area contributed by atoms with Crippen LogP contribution in [0.3, 0.4) is 0 Å². The number of hydrogen-bond acceptors (Lipinski definition) is 4. The molecule has 0 fully saturated rings. The lowest BCUT2D eigenvalue weighted by molar-refractivity contribution is -0.137. The van der Waals surface area contributed by atoms with E-state index in [1.165, 1.54) is 0 Å². The lowest BCUT2D eigenvalue weighted by Crippen LogP contribution is -2.28. The number of aliphatic hydroxyl groups is 1. The van der Waals surface area contributed by atoms with E-state index in [2.05, 4.69) is 5.48 Å². The highest BCUT2D eigenvalue weighted by Gasteiger charge is 2.11. The Kier molecular flexibility index (Phi) is 6.56. The molecule has 0 aliphatic heterocycles. The molecule has 0 aliphatic carbocycles. The second-order valence-electron chi connectivity index (χ2n) is 4.16. The lowest BCUT2D eigenvalue weighted by atomic mass is 10.1. The Bertz CT molecular complexity index is 408. The Labute approximate surface area is 111 Å². The van der Waals surface area contributed by atoms with Gasteiger partial charge in [0.25, 0.3) is 0 Å². The maximum Gasteiger partial charge on any atom is 0.246 e. The molecule has 0 heterocycles. The molecule has 1 aromatic carbocycles. The summed E-state index contributed by atoms with van der Waals surface area (Å²) in [6.07, 6.45) is -0.796. The minimum Gasteiger partial charge on any atom is -0.393 e. The van der Waals surface area contributed by atoms with E-state index >= 15 is 0 Å². The minimum absolute atomic E-state index is 0.0549. The Hall–Kier alpha value is -1.92. The number of nitrogens with two attached hydrogens (primary N) is 1. The molecule has 1 atom stereocenters. The van der Waals surface area contributed by atoms with Gasteiger partial charge in [-0.3, -0.25) is 14.4 Å². The Morgan fingerprint density at radius 2 is 2.00 bits per heavy atom. The fourth-order valence-corrected chi connectivity index (χ4v) is 1.44. The largest absolute Gasteiger partial charge is 0.393 e. The number of hydroxylamine groups is 1. The van der Waals surface area contributed by atoms with Crippen LogP contribution in [0, 0.1) is 0 Å². The third kappa shape index (κ3) is 7.17. The first-order chi connectivity index (χ1) is 9.08. The molecule has 0 aliphatic rings. The molecule has 1 unspecified atom stereocenters. The molecule has 0 saturated carbocycles. The van der Waals surface area contributed by atoms with E-state index in [4.69, 9.17) is 10.6 Å². The number of carbonyl (C=O) groups is 2. The number of primary amides is 1. The van der Waals surface area contributed by atoms with Gasteiger partial charge in [-0.25, -0.2) is 5.48 Å². The molecule has 0 bridgehead atoms. The molecule has 104 valence electrons. The van der Waals surface area contributed by atoms with Crippen LogP contribution in [-0.4, -0.2) is 23.0 Å². The van der Waals surface area contributed by atoms with Gasteiger partial charge in [-0.05, 0) is 12.0 Å². The summed E-state index contributed by atoms with van der Waals surface area (Å²) in [4.78, 5) is 26.9. The van der Waals surface area contributed by atoms with Crippen LogP contribution in [0.15, 0.2) is 30.3 Å². The van der Waals surface area contributed by atoms with E-state index in [0.717, 1.165) is 5.56 Å². The summed E-state index contributed by atoms with van der Waals surface area (Å²) in [6.45, 7) is 0.254. The minimum atomic E-state index is -0.896. The third-order valence-electron chi connectivity index (χ3n) is 2.41. The van der Waals surface area contributed by atoms with E-state index in [1.54, 1.807) is 0 Å². The number of nitrogens with one attached hydrogen (secondary N) is 1. The summed E-state index contributed by atoms with van der Waals surface area (Å²) in [5.74, 6) is -0.937. The molecule has 19 heavy (non-hydrogen) atoms. The van der Waals surface area contributed by atoms with Crippen molar-refractivity contribution in [2.24, 2.45) is 5.73 Å². The van der Waals surface area contributed by atoms with E-state index < -0.39 is 17.9 Å². The zero-order valence-corrected chi connectivity index (χ0v) is 10.5. The maximum atomic E-state index is 11.4. The summed E-state index contributed by atoms with van der Waals surface area (Å²) in [5.41, 5.74) is 8.10. The van der Waals surface area contributed by atoms with Crippen molar-refractivity contribution in [1.29, 1.82) is 0 Å². The monoisotopic (exact) mass is 266 g/mol. The zero-order valence-electron chi connectivity index (χ0n) is 10.5. The van der Waals surface area contributed by atoms with Crippen molar-refractivity contribution in [3.8, 4) is 0 Å². The van der Waals surface area contributed by atoms with Gasteiger partial charge >= 0.3 is 0 Å². The SMILES string of the molecule is NC(=O)CCC(O)CC(=O)NOCc1ccccc1. The van der Waals surface area contributed by atoms with Crippen molar-refractivity contribution >= 4 is 11.8 Å². The van der Waals surface area contributed by atoms with Crippen LogP contribution in [0.1, 0.15) is 24.8 Å². The lowest BCUT2D eigenvalue weighted by Gasteiger charge is -2.10. The molecule has 6 heteroatoms. The summed E-state index contributed by atoms with van der Waals surface area (Å²) < 4.78 is 0. The average molecular weight is 266 g/mol. The van der Waals surface area contributed by atoms with Crippen molar-refractivity contribution in [2.45, 2.75) is 32.0 Å². The highest BCUT2D eigenvalue weighted by atomic mass is 16.6. The number of benzene rings is 1. The second-order valence-corrected chi connectivity index (χ2v) is 4.16. The van der Waals surface area contributed by atoms with Crippen molar-refractivity contribution in [1.82, 2.24) is 5.48 Å².